The Morgan fingerprint density at radius 2 is 2.07 bits per heavy atom. The molecule has 1 heterocycles. The van der Waals surface area contributed by atoms with Gasteiger partial charge in [0.2, 0.25) is 0 Å². The number of piperidine rings is 1. The molecule has 3 atom stereocenters. The average molecular weight is 211 g/mol. The van der Waals surface area contributed by atoms with Gasteiger partial charge >= 0.3 is 0 Å². The lowest BCUT2D eigenvalue weighted by Gasteiger charge is -2.45. The summed E-state index contributed by atoms with van der Waals surface area (Å²) in [5, 5.41) is 3.57. The SMILES string of the molecule is CCC(C)CC1(CC)CCNCC1CC. The quantitative estimate of drug-likeness (QED) is 0.728. The van der Waals surface area contributed by atoms with Gasteiger partial charge < -0.3 is 5.32 Å². The Bertz CT molecular complexity index is 178. The van der Waals surface area contributed by atoms with Crippen molar-refractivity contribution in [1.29, 1.82) is 0 Å². The molecule has 0 saturated carbocycles. The fourth-order valence-electron chi connectivity index (χ4n) is 3.33. The number of hydrogen-bond acceptors (Lipinski definition) is 1. The van der Waals surface area contributed by atoms with Gasteiger partial charge in [-0.1, -0.05) is 47.0 Å². The predicted octanol–water partition coefficient (Wildman–Crippen LogP) is 3.84. The van der Waals surface area contributed by atoms with E-state index in [1.807, 2.05) is 0 Å². The lowest BCUT2D eigenvalue weighted by molar-refractivity contribution is 0.0677. The molecule has 0 spiro atoms. The normalized spacial score (nSPS) is 34.0. The fourth-order valence-corrected chi connectivity index (χ4v) is 3.33. The maximum absolute atomic E-state index is 3.57. The van der Waals surface area contributed by atoms with Crippen LogP contribution in [0.15, 0.2) is 0 Å². The van der Waals surface area contributed by atoms with E-state index in [9.17, 15) is 0 Å². The molecule has 1 aliphatic heterocycles. The van der Waals surface area contributed by atoms with Gasteiger partial charge in [0.15, 0.2) is 0 Å². The van der Waals surface area contributed by atoms with Crippen LogP contribution in [-0.4, -0.2) is 13.1 Å². The van der Waals surface area contributed by atoms with E-state index in [0.29, 0.717) is 5.41 Å². The van der Waals surface area contributed by atoms with Crippen molar-refractivity contribution in [1.82, 2.24) is 5.32 Å². The van der Waals surface area contributed by atoms with Crippen LogP contribution in [0.1, 0.15) is 59.8 Å². The van der Waals surface area contributed by atoms with Gasteiger partial charge in [-0.2, -0.15) is 0 Å². The molecule has 1 saturated heterocycles. The molecular weight excluding hydrogens is 182 g/mol. The van der Waals surface area contributed by atoms with Gasteiger partial charge in [0, 0.05) is 0 Å². The summed E-state index contributed by atoms with van der Waals surface area (Å²) in [5.74, 6) is 1.81. The standard InChI is InChI=1S/C14H29N/c1-5-12(4)10-14(7-3)8-9-15-11-13(14)6-2/h12-13,15H,5-11H2,1-4H3. The third-order valence-corrected chi connectivity index (χ3v) is 4.71. The van der Waals surface area contributed by atoms with Crippen molar-refractivity contribution in [3.05, 3.63) is 0 Å². The Labute approximate surface area is 96.0 Å². The molecule has 1 heteroatoms. The van der Waals surface area contributed by atoms with Crippen molar-refractivity contribution in [3.8, 4) is 0 Å². The van der Waals surface area contributed by atoms with E-state index in [4.69, 9.17) is 0 Å². The van der Waals surface area contributed by atoms with Crippen LogP contribution in [0.2, 0.25) is 0 Å². The average Bonchev–Trinajstić information content (AvgIpc) is 2.29. The highest BCUT2D eigenvalue weighted by Crippen LogP contribution is 2.44. The third kappa shape index (κ3) is 2.96. The maximum atomic E-state index is 3.57. The molecule has 0 aromatic rings. The molecule has 1 aliphatic rings. The van der Waals surface area contributed by atoms with Crippen molar-refractivity contribution >= 4 is 0 Å². The summed E-state index contributed by atoms with van der Waals surface area (Å²) in [6.07, 6.45) is 6.90. The maximum Gasteiger partial charge on any atom is -0.00153 e. The first-order chi connectivity index (χ1) is 7.18. The summed E-state index contributed by atoms with van der Waals surface area (Å²) in [6.45, 7) is 12.0. The van der Waals surface area contributed by atoms with Crippen LogP contribution >= 0.6 is 0 Å². The Balaban J connectivity index is 2.69. The minimum absolute atomic E-state index is 0.648. The molecule has 0 aromatic heterocycles. The summed E-state index contributed by atoms with van der Waals surface area (Å²) in [7, 11) is 0. The molecule has 1 N–H and O–H groups in total. The zero-order chi connectivity index (χ0) is 11.3. The first-order valence-corrected chi connectivity index (χ1v) is 6.89. The van der Waals surface area contributed by atoms with Crippen LogP contribution in [0.3, 0.4) is 0 Å². The highest BCUT2D eigenvalue weighted by molar-refractivity contribution is 4.91. The van der Waals surface area contributed by atoms with E-state index in [1.165, 1.54) is 45.2 Å². The minimum Gasteiger partial charge on any atom is -0.316 e. The van der Waals surface area contributed by atoms with E-state index < -0.39 is 0 Å². The van der Waals surface area contributed by atoms with Crippen LogP contribution in [0, 0.1) is 17.3 Å². The zero-order valence-corrected chi connectivity index (χ0v) is 11.1. The van der Waals surface area contributed by atoms with Crippen LogP contribution < -0.4 is 5.32 Å². The van der Waals surface area contributed by atoms with Crippen LogP contribution in [-0.2, 0) is 0 Å². The largest absolute Gasteiger partial charge is 0.316 e. The molecular formula is C14H29N. The lowest BCUT2D eigenvalue weighted by atomic mass is 9.63. The van der Waals surface area contributed by atoms with Gasteiger partial charge in [0.25, 0.3) is 0 Å². The summed E-state index contributed by atoms with van der Waals surface area (Å²) >= 11 is 0. The number of rotatable bonds is 5. The van der Waals surface area contributed by atoms with E-state index in [2.05, 4.69) is 33.0 Å². The van der Waals surface area contributed by atoms with Crippen molar-refractivity contribution in [2.45, 2.75) is 59.8 Å². The van der Waals surface area contributed by atoms with Crippen LogP contribution in [0.5, 0.6) is 0 Å². The minimum atomic E-state index is 0.648. The summed E-state index contributed by atoms with van der Waals surface area (Å²) < 4.78 is 0. The van der Waals surface area contributed by atoms with E-state index >= 15 is 0 Å². The van der Waals surface area contributed by atoms with Gasteiger partial charge in [-0.25, -0.2) is 0 Å². The molecule has 0 bridgehead atoms. The van der Waals surface area contributed by atoms with Gasteiger partial charge in [0.05, 0.1) is 0 Å². The monoisotopic (exact) mass is 211 g/mol. The Hall–Kier alpha value is -0.0400. The second-order valence-corrected chi connectivity index (χ2v) is 5.49. The van der Waals surface area contributed by atoms with Gasteiger partial charge in [-0.3, -0.25) is 0 Å². The predicted molar refractivity (Wildman–Crippen MR) is 68.1 cm³/mol. The molecule has 0 aromatic carbocycles. The van der Waals surface area contributed by atoms with E-state index in [1.54, 1.807) is 0 Å². The number of hydrogen-bond donors (Lipinski definition) is 1. The van der Waals surface area contributed by atoms with E-state index in [0.717, 1.165) is 11.8 Å². The third-order valence-electron chi connectivity index (χ3n) is 4.71. The molecule has 1 fully saturated rings. The van der Waals surface area contributed by atoms with Crippen molar-refractivity contribution in [3.63, 3.8) is 0 Å². The van der Waals surface area contributed by atoms with Gasteiger partial charge in [-0.15, -0.1) is 0 Å². The second-order valence-electron chi connectivity index (χ2n) is 5.49. The molecule has 90 valence electrons. The molecule has 0 aliphatic carbocycles. The summed E-state index contributed by atoms with van der Waals surface area (Å²) in [6, 6.07) is 0. The Morgan fingerprint density at radius 1 is 1.33 bits per heavy atom. The van der Waals surface area contributed by atoms with Crippen LogP contribution in [0.4, 0.5) is 0 Å². The van der Waals surface area contributed by atoms with Crippen LogP contribution in [0.25, 0.3) is 0 Å². The molecule has 3 unspecified atom stereocenters. The second kappa shape index (κ2) is 5.89. The van der Waals surface area contributed by atoms with Crippen molar-refractivity contribution < 1.29 is 0 Å². The highest BCUT2D eigenvalue weighted by Gasteiger charge is 2.38. The van der Waals surface area contributed by atoms with Crippen molar-refractivity contribution in [2.75, 3.05) is 13.1 Å². The van der Waals surface area contributed by atoms with Gasteiger partial charge in [-0.05, 0) is 43.2 Å². The highest BCUT2D eigenvalue weighted by atomic mass is 14.9. The van der Waals surface area contributed by atoms with Gasteiger partial charge in [0.1, 0.15) is 0 Å². The smallest absolute Gasteiger partial charge is 0.00153 e. The topological polar surface area (TPSA) is 12.0 Å². The first-order valence-electron chi connectivity index (χ1n) is 6.89. The molecule has 1 nitrogen and oxygen atoms in total. The molecule has 0 radical (unpaired) electrons. The molecule has 0 amide bonds. The fraction of sp³-hybridized carbons (Fsp3) is 1.00. The number of nitrogens with one attached hydrogen (secondary N) is 1. The zero-order valence-electron chi connectivity index (χ0n) is 11.1. The first kappa shape index (κ1) is 13.0. The summed E-state index contributed by atoms with van der Waals surface area (Å²) in [4.78, 5) is 0. The molecule has 15 heavy (non-hydrogen) atoms. The van der Waals surface area contributed by atoms with E-state index in [-0.39, 0.29) is 0 Å². The van der Waals surface area contributed by atoms with Crippen molar-refractivity contribution in [2.24, 2.45) is 17.3 Å². The summed E-state index contributed by atoms with van der Waals surface area (Å²) in [5.41, 5.74) is 0.648. The lowest BCUT2D eigenvalue weighted by Crippen LogP contribution is -2.45. The Kier molecular flexibility index (Phi) is 5.11. The molecule has 1 rings (SSSR count). The Morgan fingerprint density at radius 3 is 2.60 bits per heavy atom.